The van der Waals surface area contributed by atoms with Gasteiger partial charge in [0.15, 0.2) is 11.5 Å². The molecule has 1 aliphatic heterocycles. The van der Waals surface area contributed by atoms with Gasteiger partial charge in [0.2, 0.25) is 5.91 Å². The fourth-order valence-electron chi connectivity index (χ4n) is 2.35. The van der Waals surface area contributed by atoms with Crippen molar-refractivity contribution in [1.82, 2.24) is 15.2 Å². The molecule has 0 radical (unpaired) electrons. The number of carbonyl (C=O) groups excluding carboxylic acids is 1. The largest absolute Gasteiger partial charge is 0.504 e. The maximum atomic E-state index is 11.8. The van der Waals surface area contributed by atoms with Gasteiger partial charge in [-0.25, -0.2) is 5.43 Å². The number of likely N-dealkylation sites (N-methyl/N-ethyl adjacent to an activating group) is 1. The number of rotatable bonds is 6. The quantitative estimate of drug-likeness (QED) is 0.589. The van der Waals surface area contributed by atoms with Crippen LogP contribution in [0.4, 0.5) is 0 Å². The van der Waals surface area contributed by atoms with Crippen LogP contribution in [0.5, 0.6) is 11.5 Å². The van der Waals surface area contributed by atoms with Crippen molar-refractivity contribution in [3.63, 3.8) is 0 Å². The molecule has 0 saturated carbocycles. The zero-order chi connectivity index (χ0) is 16.7. The molecule has 2 N–H and O–H groups in total. The van der Waals surface area contributed by atoms with Crippen molar-refractivity contribution in [2.75, 3.05) is 46.9 Å². The van der Waals surface area contributed by atoms with Gasteiger partial charge in [-0.05, 0) is 30.8 Å². The summed E-state index contributed by atoms with van der Waals surface area (Å²) in [7, 11) is 3.60. The van der Waals surface area contributed by atoms with E-state index in [1.54, 1.807) is 12.1 Å². The van der Waals surface area contributed by atoms with Gasteiger partial charge < -0.3 is 19.6 Å². The minimum Gasteiger partial charge on any atom is -0.504 e. The summed E-state index contributed by atoms with van der Waals surface area (Å²) in [5.74, 6) is 0.328. The summed E-state index contributed by atoms with van der Waals surface area (Å²) in [4.78, 5) is 16.3. The number of phenols is 1. The summed E-state index contributed by atoms with van der Waals surface area (Å²) in [6.45, 7) is 4.83. The molecule has 1 saturated heterocycles. The molecule has 1 aromatic carbocycles. The molecule has 23 heavy (non-hydrogen) atoms. The van der Waals surface area contributed by atoms with Gasteiger partial charge >= 0.3 is 0 Å². The number of hydrogen-bond donors (Lipinski definition) is 2. The van der Waals surface area contributed by atoms with Gasteiger partial charge in [0.05, 0.1) is 13.3 Å². The first-order valence-corrected chi connectivity index (χ1v) is 7.68. The van der Waals surface area contributed by atoms with E-state index in [9.17, 15) is 9.90 Å². The van der Waals surface area contributed by atoms with Gasteiger partial charge in [0.25, 0.3) is 0 Å². The maximum Gasteiger partial charge on any atom is 0.241 e. The summed E-state index contributed by atoms with van der Waals surface area (Å²) in [5, 5.41) is 13.6. The van der Waals surface area contributed by atoms with Crippen molar-refractivity contribution in [2.24, 2.45) is 5.10 Å². The Morgan fingerprint density at radius 2 is 2.13 bits per heavy atom. The van der Waals surface area contributed by atoms with E-state index in [2.05, 4.69) is 27.4 Å². The molecule has 2 rings (SSSR count). The lowest BCUT2D eigenvalue weighted by Crippen LogP contribution is -2.45. The number of methoxy groups -OCH3 is 1. The summed E-state index contributed by atoms with van der Waals surface area (Å²) in [5.41, 5.74) is 3.19. The van der Waals surface area contributed by atoms with E-state index in [4.69, 9.17) is 4.74 Å². The van der Waals surface area contributed by atoms with Crippen molar-refractivity contribution < 1.29 is 14.6 Å². The predicted octanol–water partition coefficient (Wildman–Crippen LogP) is 0.488. The van der Waals surface area contributed by atoms with Gasteiger partial charge in [0, 0.05) is 39.1 Å². The van der Waals surface area contributed by atoms with Crippen LogP contribution in [-0.2, 0) is 4.79 Å². The number of nitrogens with zero attached hydrogens (tertiary/aromatic N) is 3. The van der Waals surface area contributed by atoms with Crippen molar-refractivity contribution in [3.8, 4) is 11.5 Å². The number of ether oxygens (including phenoxy) is 1. The number of carbonyl (C=O) groups is 1. The topological polar surface area (TPSA) is 77.4 Å². The van der Waals surface area contributed by atoms with Gasteiger partial charge in [-0.15, -0.1) is 0 Å². The molecule has 0 aromatic heterocycles. The minimum absolute atomic E-state index is 0.0397. The van der Waals surface area contributed by atoms with Crippen molar-refractivity contribution in [2.45, 2.75) is 6.42 Å². The molecular formula is C16H24N4O3. The summed E-state index contributed by atoms with van der Waals surface area (Å²) < 4.78 is 4.97. The molecule has 1 heterocycles. The van der Waals surface area contributed by atoms with E-state index in [0.717, 1.165) is 32.7 Å². The first-order chi connectivity index (χ1) is 11.1. The molecule has 0 aliphatic carbocycles. The fraction of sp³-hybridized carbons (Fsp3) is 0.500. The summed E-state index contributed by atoms with van der Waals surface area (Å²) in [6.07, 6.45) is 1.92. The van der Waals surface area contributed by atoms with E-state index in [-0.39, 0.29) is 11.7 Å². The maximum absolute atomic E-state index is 11.8. The second kappa shape index (κ2) is 8.50. The molecule has 1 aromatic rings. The molecular weight excluding hydrogens is 296 g/mol. The monoisotopic (exact) mass is 320 g/mol. The zero-order valence-corrected chi connectivity index (χ0v) is 13.7. The second-order valence-electron chi connectivity index (χ2n) is 5.62. The van der Waals surface area contributed by atoms with Crippen LogP contribution in [0.2, 0.25) is 0 Å². The predicted molar refractivity (Wildman–Crippen MR) is 88.9 cm³/mol. The van der Waals surface area contributed by atoms with Crippen molar-refractivity contribution >= 4 is 12.1 Å². The molecule has 126 valence electrons. The molecule has 0 spiro atoms. The van der Waals surface area contributed by atoms with Gasteiger partial charge in [-0.3, -0.25) is 4.79 Å². The highest BCUT2D eigenvalue weighted by Gasteiger charge is 2.14. The third-order valence-corrected chi connectivity index (χ3v) is 3.86. The van der Waals surface area contributed by atoms with E-state index < -0.39 is 0 Å². The summed E-state index contributed by atoms with van der Waals surface area (Å²) in [6, 6.07) is 4.92. The number of piperazine rings is 1. The van der Waals surface area contributed by atoms with Crippen LogP contribution in [0.1, 0.15) is 12.0 Å². The lowest BCUT2D eigenvalue weighted by Gasteiger charge is -2.32. The van der Waals surface area contributed by atoms with E-state index in [1.807, 2.05) is 0 Å². The van der Waals surface area contributed by atoms with Crippen LogP contribution < -0.4 is 10.2 Å². The Labute approximate surface area is 136 Å². The number of hydrogen-bond acceptors (Lipinski definition) is 6. The van der Waals surface area contributed by atoms with Gasteiger partial charge in [0.1, 0.15) is 0 Å². The second-order valence-corrected chi connectivity index (χ2v) is 5.62. The minimum atomic E-state index is -0.113. The van der Waals surface area contributed by atoms with Crippen LogP contribution in [0.3, 0.4) is 0 Å². The molecule has 7 heteroatoms. The number of aromatic hydroxyl groups is 1. The number of amides is 1. The van der Waals surface area contributed by atoms with Gasteiger partial charge in [-0.1, -0.05) is 0 Å². The molecule has 0 atom stereocenters. The Hall–Kier alpha value is -2.12. The van der Waals surface area contributed by atoms with Crippen LogP contribution in [0.15, 0.2) is 23.3 Å². The van der Waals surface area contributed by atoms with E-state index in [1.165, 1.54) is 19.4 Å². The van der Waals surface area contributed by atoms with Gasteiger partial charge in [-0.2, -0.15) is 5.10 Å². The first kappa shape index (κ1) is 17.2. The molecule has 7 nitrogen and oxygen atoms in total. The third kappa shape index (κ3) is 5.54. The zero-order valence-electron chi connectivity index (χ0n) is 13.7. The number of nitrogens with one attached hydrogen (secondary N) is 1. The van der Waals surface area contributed by atoms with Crippen LogP contribution in [0, 0.1) is 0 Å². The third-order valence-electron chi connectivity index (χ3n) is 3.86. The van der Waals surface area contributed by atoms with Crippen LogP contribution >= 0.6 is 0 Å². The van der Waals surface area contributed by atoms with Crippen molar-refractivity contribution in [1.29, 1.82) is 0 Å². The Bertz CT molecular complexity index is 554. The highest BCUT2D eigenvalue weighted by Crippen LogP contribution is 2.25. The lowest BCUT2D eigenvalue weighted by molar-refractivity contribution is -0.121. The fourth-order valence-corrected chi connectivity index (χ4v) is 2.35. The molecule has 1 fully saturated rings. The highest BCUT2D eigenvalue weighted by atomic mass is 16.5. The SMILES string of the molecule is COc1ccc(C=NNC(=O)CCN2CCN(C)CC2)cc1O. The number of hydrazone groups is 1. The average Bonchev–Trinajstić information content (AvgIpc) is 2.54. The molecule has 0 unspecified atom stereocenters. The Morgan fingerprint density at radius 1 is 1.39 bits per heavy atom. The lowest BCUT2D eigenvalue weighted by atomic mass is 10.2. The normalized spacial score (nSPS) is 16.6. The molecule has 0 bridgehead atoms. The highest BCUT2D eigenvalue weighted by molar-refractivity contribution is 5.83. The average molecular weight is 320 g/mol. The Balaban J connectivity index is 1.72. The van der Waals surface area contributed by atoms with Crippen LogP contribution in [-0.4, -0.2) is 73.9 Å². The Kier molecular flexibility index (Phi) is 6.37. The smallest absolute Gasteiger partial charge is 0.241 e. The van der Waals surface area contributed by atoms with E-state index in [0.29, 0.717) is 17.7 Å². The van der Waals surface area contributed by atoms with Crippen LogP contribution in [0.25, 0.3) is 0 Å². The Morgan fingerprint density at radius 3 is 2.78 bits per heavy atom. The van der Waals surface area contributed by atoms with Crippen molar-refractivity contribution in [3.05, 3.63) is 23.8 Å². The number of phenolic OH excluding ortho intramolecular Hbond substituents is 1. The van der Waals surface area contributed by atoms with E-state index >= 15 is 0 Å². The molecule has 1 amide bonds. The molecule has 1 aliphatic rings. The standard InChI is InChI=1S/C16H24N4O3/c1-19-7-9-20(10-8-19)6-5-16(22)18-17-12-13-3-4-15(23-2)14(21)11-13/h3-4,11-12,21H,5-10H2,1-2H3,(H,18,22). The first-order valence-electron chi connectivity index (χ1n) is 7.68. The summed E-state index contributed by atoms with van der Waals surface area (Å²) >= 11 is 0. The number of benzene rings is 1.